The smallest absolute Gasteiger partial charge is 0.362 e. The van der Waals surface area contributed by atoms with Crippen LogP contribution in [0.4, 0.5) is 13.2 Å². The molecule has 0 spiro atoms. The maximum atomic E-state index is 13.3. The zero-order valence-electron chi connectivity index (χ0n) is 12.5. The Labute approximate surface area is 126 Å². The molecule has 2 rings (SSSR count). The van der Waals surface area contributed by atoms with Crippen molar-refractivity contribution in [2.24, 2.45) is 11.0 Å². The van der Waals surface area contributed by atoms with Crippen molar-refractivity contribution in [1.29, 1.82) is 0 Å². The number of aliphatic hydroxyl groups is 1. The predicted octanol–water partition coefficient (Wildman–Crippen LogP) is 3.10. The first-order valence-corrected chi connectivity index (χ1v) is 6.84. The van der Waals surface area contributed by atoms with Gasteiger partial charge in [-0.05, 0) is 25.0 Å². The summed E-state index contributed by atoms with van der Waals surface area (Å²) in [4.78, 5) is 12.4. The zero-order valence-corrected chi connectivity index (χ0v) is 12.5. The van der Waals surface area contributed by atoms with Crippen LogP contribution < -0.4 is 0 Å². The summed E-state index contributed by atoms with van der Waals surface area (Å²) in [6, 6.07) is 6.15. The maximum Gasteiger partial charge on any atom is 0.438 e. The summed E-state index contributed by atoms with van der Waals surface area (Å²) in [5.74, 6) is -1.27. The topological polar surface area (TPSA) is 52.9 Å². The molecular weight excluding hydrogens is 297 g/mol. The van der Waals surface area contributed by atoms with Crippen molar-refractivity contribution in [3.05, 3.63) is 35.4 Å². The second-order valence-corrected chi connectivity index (χ2v) is 5.72. The average molecular weight is 314 g/mol. The van der Waals surface area contributed by atoms with Gasteiger partial charge in [-0.25, -0.2) is 0 Å². The molecule has 120 valence electrons. The minimum atomic E-state index is -4.99. The van der Waals surface area contributed by atoms with Crippen molar-refractivity contribution in [3.8, 4) is 0 Å². The van der Waals surface area contributed by atoms with E-state index in [4.69, 9.17) is 0 Å². The number of nitrogens with zero attached hydrogens (tertiary/aromatic N) is 2. The van der Waals surface area contributed by atoms with Gasteiger partial charge in [0.05, 0.1) is 0 Å². The van der Waals surface area contributed by atoms with E-state index in [0.29, 0.717) is 0 Å². The fraction of sp³-hybridized carbons (Fsp3) is 0.467. The van der Waals surface area contributed by atoms with Gasteiger partial charge in [-0.1, -0.05) is 31.5 Å². The van der Waals surface area contributed by atoms with Crippen molar-refractivity contribution in [1.82, 2.24) is 5.01 Å². The van der Waals surface area contributed by atoms with Crippen LogP contribution in [-0.2, 0) is 0 Å². The first kappa shape index (κ1) is 16.5. The first-order chi connectivity index (χ1) is 10.1. The molecule has 1 atom stereocenters. The molecule has 1 heterocycles. The van der Waals surface area contributed by atoms with Crippen molar-refractivity contribution in [2.75, 3.05) is 0 Å². The SMILES string of the molecule is Cc1cccc(C(=O)N2N=C(C(C)C)C[C@@]2(O)C(F)(F)F)c1. The van der Waals surface area contributed by atoms with Gasteiger partial charge >= 0.3 is 6.18 Å². The molecule has 7 heteroatoms. The molecule has 0 bridgehead atoms. The number of rotatable bonds is 2. The van der Waals surface area contributed by atoms with E-state index >= 15 is 0 Å². The van der Waals surface area contributed by atoms with Gasteiger partial charge in [-0.2, -0.15) is 23.3 Å². The quantitative estimate of drug-likeness (QED) is 0.912. The molecule has 1 N–H and O–H groups in total. The predicted molar refractivity (Wildman–Crippen MR) is 75.2 cm³/mol. The highest BCUT2D eigenvalue weighted by Gasteiger charge is 2.63. The van der Waals surface area contributed by atoms with Gasteiger partial charge in [-0.3, -0.25) is 4.79 Å². The van der Waals surface area contributed by atoms with Crippen LogP contribution in [0.25, 0.3) is 0 Å². The summed E-state index contributed by atoms with van der Waals surface area (Å²) >= 11 is 0. The largest absolute Gasteiger partial charge is 0.438 e. The maximum absolute atomic E-state index is 13.3. The van der Waals surface area contributed by atoms with E-state index in [1.807, 2.05) is 0 Å². The number of carbonyl (C=O) groups is 1. The van der Waals surface area contributed by atoms with Gasteiger partial charge in [0.15, 0.2) is 0 Å². The van der Waals surface area contributed by atoms with Gasteiger partial charge < -0.3 is 5.11 Å². The lowest BCUT2D eigenvalue weighted by Crippen LogP contribution is -2.56. The normalized spacial score (nSPS) is 22.2. The Morgan fingerprint density at radius 3 is 2.55 bits per heavy atom. The van der Waals surface area contributed by atoms with Gasteiger partial charge in [0.1, 0.15) is 0 Å². The van der Waals surface area contributed by atoms with E-state index in [0.717, 1.165) is 5.56 Å². The fourth-order valence-electron chi connectivity index (χ4n) is 2.23. The van der Waals surface area contributed by atoms with E-state index < -0.39 is 24.2 Å². The summed E-state index contributed by atoms with van der Waals surface area (Å²) in [5, 5.41) is 14.0. The minimum Gasteiger partial charge on any atom is -0.362 e. The van der Waals surface area contributed by atoms with Gasteiger partial charge in [0.2, 0.25) is 0 Å². The highest BCUT2D eigenvalue weighted by Crippen LogP contribution is 2.41. The monoisotopic (exact) mass is 314 g/mol. The molecule has 4 nitrogen and oxygen atoms in total. The lowest BCUT2D eigenvalue weighted by atomic mass is 9.98. The summed E-state index contributed by atoms with van der Waals surface area (Å²) in [6.07, 6.45) is -5.72. The molecule has 0 saturated heterocycles. The Kier molecular flexibility index (Phi) is 4.04. The van der Waals surface area contributed by atoms with Crippen molar-refractivity contribution in [3.63, 3.8) is 0 Å². The molecule has 0 radical (unpaired) electrons. The molecule has 0 fully saturated rings. The van der Waals surface area contributed by atoms with Crippen LogP contribution in [0, 0.1) is 12.8 Å². The Balaban J connectivity index is 2.46. The van der Waals surface area contributed by atoms with E-state index in [1.54, 1.807) is 32.9 Å². The number of hydrazone groups is 1. The van der Waals surface area contributed by atoms with E-state index in [2.05, 4.69) is 5.10 Å². The number of amides is 1. The molecule has 1 aromatic carbocycles. The average Bonchev–Trinajstić information content (AvgIpc) is 2.77. The van der Waals surface area contributed by atoms with E-state index in [1.165, 1.54) is 12.1 Å². The van der Waals surface area contributed by atoms with Crippen LogP contribution >= 0.6 is 0 Å². The van der Waals surface area contributed by atoms with Gasteiger partial charge in [-0.15, -0.1) is 0 Å². The summed E-state index contributed by atoms with van der Waals surface area (Å²) in [7, 11) is 0. The Bertz CT molecular complexity index is 625. The summed E-state index contributed by atoms with van der Waals surface area (Å²) in [6.45, 7) is 5.05. The molecule has 0 aliphatic carbocycles. The number of halogens is 3. The summed E-state index contributed by atoms with van der Waals surface area (Å²) in [5.41, 5.74) is -2.38. The second-order valence-electron chi connectivity index (χ2n) is 5.72. The summed E-state index contributed by atoms with van der Waals surface area (Å²) < 4.78 is 39.8. The molecule has 0 unspecified atom stereocenters. The number of carbonyl (C=O) groups excluding carboxylic acids is 1. The number of benzene rings is 1. The second kappa shape index (κ2) is 5.39. The third-order valence-electron chi connectivity index (χ3n) is 3.58. The number of hydrogen-bond donors (Lipinski definition) is 1. The van der Waals surface area contributed by atoms with Crippen molar-refractivity contribution < 1.29 is 23.1 Å². The Morgan fingerprint density at radius 1 is 1.41 bits per heavy atom. The molecule has 0 aromatic heterocycles. The van der Waals surface area contributed by atoms with E-state index in [9.17, 15) is 23.1 Å². The first-order valence-electron chi connectivity index (χ1n) is 6.84. The molecule has 1 aliphatic heterocycles. The Morgan fingerprint density at radius 2 is 2.05 bits per heavy atom. The number of aryl methyl sites for hydroxylation is 1. The van der Waals surface area contributed by atoms with Crippen molar-refractivity contribution in [2.45, 2.75) is 39.1 Å². The van der Waals surface area contributed by atoms with E-state index in [-0.39, 0.29) is 22.2 Å². The Hall–Kier alpha value is -1.89. The minimum absolute atomic E-state index is 0.0523. The number of alkyl halides is 3. The standard InChI is InChI=1S/C15H17F3N2O2/c1-9(2)12-8-14(22,15(16,17)18)20(19-12)13(21)11-6-4-5-10(3)7-11/h4-7,9,22H,8H2,1-3H3/t14-/m1/s1. The zero-order chi connectivity index (χ0) is 16.7. The lowest BCUT2D eigenvalue weighted by molar-refractivity contribution is -0.297. The van der Waals surface area contributed by atoms with Crippen LogP contribution in [0.2, 0.25) is 0 Å². The molecular formula is C15H17F3N2O2. The highest BCUT2D eigenvalue weighted by atomic mass is 19.4. The molecule has 22 heavy (non-hydrogen) atoms. The van der Waals surface area contributed by atoms with Crippen LogP contribution in [0.3, 0.4) is 0 Å². The lowest BCUT2D eigenvalue weighted by Gasteiger charge is -2.32. The van der Waals surface area contributed by atoms with Crippen LogP contribution in [-0.4, -0.2) is 33.6 Å². The van der Waals surface area contributed by atoms with Crippen LogP contribution in [0.5, 0.6) is 0 Å². The molecule has 1 amide bonds. The number of hydrogen-bond acceptors (Lipinski definition) is 3. The van der Waals surface area contributed by atoms with Crippen molar-refractivity contribution >= 4 is 11.6 Å². The highest BCUT2D eigenvalue weighted by molar-refractivity contribution is 5.98. The third kappa shape index (κ3) is 2.72. The third-order valence-corrected chi connectivity index (χ3v) is 3.58. The van der Waals surface area contributed by atoms with Crippen LogP contribution in [0.1, 0.15) is 36.2 Å². The molecule has 0 saturated carbocycles. The molecule has 1 aliphatic rings. The van der Waals surface area contributed by atoms with Crippen LogP contribution in [0.15, 0.2) is 29.4 Å². The van der Waals surface area contributed by atoms with Gasteiger partial charge in [0, 0.05) is 17.7 Å². The molecule has 1 aromatic rings. The van der Waals surface area contributed by atoms with Gasteiger partial charge in [0.25, 0.3) is 11.6 Å². The fourth-order valence-corrected chi connectivity index (χ4v) is 2.23.